The quantitative estimate of drug-likeness (QED) is 0.236. The second-order valence-electron chi connectivity index (χ2n) is 9.59. The summed E-state index contributed by atoms with van der Waals surface area (Å²) < 4.78 is 8.92. The fraction of sp³-hybridized carbons (Fsp3) is 0.200. The highest BCUT2D eigenvalue weighted by Gasteiger charge is 2.35. The molecule has 0 bridgehead atoms. The number of thiazole rings is 1. The van der Waals surface area contributed by atoms with Gasteiger partial charge in [-0.1, -0.05) is 66.2 Å². The molecule has 6 heteroatoms. The van der Waals surface area contributed by atoms with Crippen LogP contribution in [-0.2, 0) is 0 Å². The third-order valence-corrected chi connectivity index (χ3v) is 8.86. The average molecular weight is 555 g/mol. The predicted octanol–water partition coefficient (Wildman–Crippen LogP) is 9.41. The van der Waals surface area contributed by atoms with E-state index in [1.54, 1.807) is 11.3 Å². The zero-order chi connectivity index (χ0) is 24.6. The Balaban J connectivity index is 1.65. The number of rotatable bonds is 3. The molecule has 178 valence electrons. The van der Waals surface area contributed by atoms with Crippen LogP contribution >= 0.6 is 27.3 Å². The molecule has 2 atom stereocenters. The summed E-state index contributed by atoms with van der Waals surface area (Å²) in [5, 5.41) is 7.15. The first-order chi connectivity index (χ1) is 17.5. The molecule has 4 aromatic carbocycles. The Morgan fingerprint density at radius 3 is 2.53 bits per heavy atom. The van der Waals surface area contributed by atoms with Crippen LogP contribution in [0.3, 0.4) is 0 Å². The van der Waals surface area contributed by atoms with Gasteiger partial charge in [0, 0.05) is 43.9 Å². The van der Waals surface area contributed by atoms with E-state index >= 15 is 0 Å². The van der Waals surface area contributed by atoms with Crippen LogP contribution in [-0.4, -0.2) is 9.97 Å². The first kappa shape index (κ1) is 22.0. The van der Waals surface area contributed by atoms with E-state index in [9.17, 15) is 0 Å². The molecule has 1 aliphatic heterocycles. The van der Waals surface area contributed by atoms with Crippen LogP contribution in [0.25, 0.3) is 32.1 Å². The number of fused-ring (bicyclic) bond motifs is 9. The Hall–Kier alpha value is -3.22. The Bertz CT molecular complexity index is 1800. The predicted molar refractivity (Wildman–Crippen MR) is 153 cm³/mol. The van der Waals surface area contributed by atoms with Crippen molar-refractivity contribution in [1.82, 2.24) is 9.97 Å². The van der Waals surface area contributed by atoms with Crippen molar-refractivity contribution >= 4 is 70.7 Å². The van der Waals surface area contributed by atoms with Crippen LogP contribution in [0.15, 0.2) is 69.6 Å². The third-order valence-electron chi connectivity index (χ3n) is 7.39. The number of oxazole rings is 1. The minimum atomic E-state index is -0.0422. The van der Waals surface area contributed by atoms with E-state index in [1.165, 1.54) is 15.8 Å². The molecule has 0 spiro atoms. The van der Waals surface area contributed by atoms with Gasteiger partial charge in [-0.05, 0) is 43.2 Å². The van der Waals surface area contributed by atoms with E-state index in [2.05, 4.69) is 103 Å². The van der Waals surface area contributed by atoms with Crippen molar-refractivity contribution in [2.24, 2.45) is 0 Å². The van der Waals surface area contributed by atoms with Gasteiger partial charge >= 0.3 is 0 Å². The highest BCUT2D eigenvalue weighted by Crippen LogP contribution is 2.53. The molecule has 0 aliphatic carbocycles. The zero-order valence-corrected chi connectivity index (χ0v) is 22.6. The van der Waals surface area contributed by atoms with Crippen molar-refractivity contribution in [3.8, 4) is 0 Å². The van der Waals surface area contributed by atoms with E-state index in [0.29, 0.717) is 0 Å². The molecule has 4 nitrogen and oxygen atoms in total. The largest absolute Gasteiger partial charge is 0.440 e. The summed E-state index contributed by atoms with van der Waals surface area (Å²) in [5.74, 6) is 1.00. The molecular weight excluding hydrogens is 530 g/mol. The highest BCUT2D eigenvalue weighted by molar-refractivity contribution is 9.10. The van der Waals surface area contributed by atoms with Crippen LogP contribution in [0.1, 0.15) is 59.7 Å². The van der Waals surface area contributed by atoms with Gasteiger partial charge in [0.15, 0.2) is 11.5 Å². The standard InChI is InChI=1S/C30H24BrN3OS/c1-4-15(2)30-34-27-20-8-6-5-7-19(20)26-25(29(27)35-30)23(17-9-11-18(31)12-10-17)24-21(33-26)13-14-22-28(24)32-16(3)36-22/h5-15,23,33H,4H2,1-3H3. The molecule has 0 saturated carbocycles. The summed E-state index contributed by atoms with van der Waals surface area (Å²) in [6.07, 6.45) is 0.975. The van der Waals surface area contributed by atoms with Crippen LogP contribution in [0.5, 0.6) is 0 Å². The van der Waals surface area contributed by atoms with Gasteiger partial charge in [-0.2, -0.15) is 0 Å². The first-order valence-corrected chi connectivity index (χ1v) is 13.9. The molecule has 0 fully saturated rings. The summed E-state index contributed by atoms with van der Waals surface area (Å²) >= 11 is 5.36. The second kappa shape index (κ2) is 8.15. The lowest BCUT2D eigenvalue weighted by Crippen LogP contribution is -2.15. The number of halogens is 1. The maximum absolute atomic E-state index is 6.66. The topological polar surface area (TPSA) is 51.0 Å². The van der Waals surface area contributed by atoms with Crippen LogP contribution in [0.4, 0.5) is 11.4 Å². The Labute approximate surface area is 221 Å². The molecule has 2 unspecified atom stereocenters. The lowest BCUT2D eigenvalue weighted by Gasteiger charge is -2.31. The van der Waals surface area contributed by atoms with Crippen molar-refractivity contribution in [3.05, 3.63) is 92.7 Å². The Kier molecular flexibility index (Phi) is 4.98. The molecule has 36 heavy (non-hydrogen) atoms. The summed E-state index contributed by atoms with van der Waals surface area (Å²) in [7, 11) is 0. The summed E-state index contributed by atoms with van der Waals surface area (Å²) in [6.45, 7) is 6.44. The monoisotopic (exact) mass is 553 g/mol. The van der Waals surface area contributed by atoms with Crippen molar-refractivity contribution in [2.45, 2.75) is 39.0 Å². The molecule has 7 rings (SSSR count). The number of anilines is 2. The Morgan fingerprint density at radius 2 is 1.75 bits per heavy atom. The van der Waals surface area contributed by atoms with Gasteiger partial charge in [-0.15, -0.1) is 11.3 Å². The molecule has 0 radical (unpaired) electrons. The van der Waals surface area contributed by atoms with Crippen LogP contribution in [0, 0.1) is 6.92 Å². The molecular formula is C30H24BrN3OS. The average Bonchev–Trinajstić information content (AvgIpc) is 3.51. The molecule has 2 aromatic heterocycles. The van der Waals surface area contributed by atoms with Crippen molar-refractivity contribution < 1.29 is 4.42 Å². The minimum Gasteiger partial charge on any atom is -0.440 e. The van der Waals surface area contributed by atoms with E-state index in [1.807, 2.05) is 0 Å². The van der Waals surface area contributed by atoms with Gasteiger partial charge in [0.2, 0.25) is 0 Å². The number of benzene rings is 4. The van der Waals surface area contributed by atoms with Gasteiger partial charge in [-0.25, -0.2) is 9.97 Å². The molecule has 1 aliphatic rings. The second-order valence-corrected chi connectivity index (χ2v) is 11.7. The van der Waals surface area contributed by atoms with Crippen molar-refractivity contribution in [3.63, 3.8) is 0 Å². The highest BCUT2D eigenvalue weighted by atomic mass is 79.9. The van der Waals surface area contributed by atoms with Crippen LogP contribution in [0.2, 0.25) is 0 Å². The van der Waals surface area contributed by atoms with Gasteiger partial charge < -0.3 is 9.73 Å². The van der Waals surface area contributed by atoms with Crippen LogP contribution < -0.4 is 5.32 Å². The number of nitrogens with zero attached hydrogens (tertiary/aromatic N) is 2. The number of nitrogens with one attached hydrogen (secondary N) is 1. The maximum atomic E-state index is 6.66. The lowest BCUT2D eigenvalue weighted by molar-refractivity contribution is 0.477. The summed E-state index contributed by atoms with van der Waals surface area (Å²) in [5.41, 5.74) is 8.60. The zero-order valence-electron chi connectivity index (χ0n) is 20.2. The van der Waals surface area contributed by atoms with Crippen molar-refractivity contribution in [1.29, 1.82) is 0 Å². The van der Waals surface area contributed by atoms with Crippen molar-refractivity contribution in [2.75, 3.05) is 5.32 Å². The molecule has 0 amide bonds. The lowest BCUT2D eigenvalue weighted by atomic mass is 9.79. The smallest absolute Gasteiger partial charge is 0.198 e. The first-order valence-electron chi connectivity index (χ1n) is 12.3. The van der Waals surface area contributed by atoms with E-state index in [0.717, 1.165) is 66.1 Å². The van der Waals surface area contributed by atoms with Gasteiger partial charge in [0.25, 0.3) is 0 Å². The summed E-state index contributed by atoms with van der Waals surface area (Å²) in [4.78, 5) is 10.1. The minimum absolute atomic E-state index is 0.0422. The molecule has 0 saturated heterocycles. The van der Waals surface area contributed by atoms with Gasteiger partial charge in [-0.3, -0.25) is 0 Å². The SMILES string of the molecule is CCC(C)c1nc2c(o1)c1c(c3ccccc32)Nc2ccc3sc(C)nc3c2C1c1ccc(Br)cc1. The number of aromatic nitrogens is 2. The third kappa shape index (κ3) is 3.17. The number of aryl methyl sites for hydroxylation is 1. The maximum Gasteiger partial charge on any atom is 0.198 e. The molecule has 1 N–H and O–H groups in total. The fourth-order valence-corrected chi connectivity index (χ4v) is 6.57. The molecule has 3 heterocycles. The Morgan fingerprint density at radius 1 is 0.972 bits per heavy atom. The van der Waals surface area contributed by atoms with E-state index < -0.39 is 0 Å². The van der Waals surface area contributed by atoms with E-state index in [4.69, 9.17) is 14.4 Å². The van der Waals surface area contributed by atoms with Gasteiger partial charge in [0.1, 0.15) is 5.52 Å². The number of hydrogen-bond donors (Lipinski definition) is 1. The van der Waals surface area contributed by atoms with E-state index in [-0.39, 0.29) is 11.8 Å². The summed E-state index contributed by atoms with van der Waals surface area (Å²) in [6, 6.07) is 21.6. The normalized spacial score (nSPS) is 15.7. The number of hydrogen-bond acceptors (Lipinski definition) is 5. The molecule has 6 aromatic rings. The fourth-order valence-electron chi connectivity index (χ4n) is 5.46. The van der Waals surface area contributed by atoms with Gasteiger partial charge in [0.05, 0.1) is 20.9 Å².